The van der Waals surface area contributed by atoms with Crippen molar-refractivity contribution in [2.75, 3.05) is 31.6 Å². The predicted molar refractivity (Wildman–Crippen MR) is 129 cm³/mol. The summed E-state index contributed by atoms with van der Waals surface area (Å²) in [6, 6.07) is 15.0. The van der Waals surface area contributed by atoms with E-state index in [1.165, 1.54) is 29.2 Å². The highest BCUT2D eigenvalue weighted by molar-refractivity contribution is 5.89. The van der Waals surface area contributed by atoms with Crippen molar-refractivity contribution in [3.8, 4) is 0 Å². The van der Waals surface area contributed by atoms with Crippen LogP contribution in [-0.2, 0) is 0 Å². The molecule has 2 amide bonds. The molecular formula is C27H32FN3O2. The van der Waals surface area contributed by atoms with Gasteiger partial charge in [0.2, 0.25) is 0 Å². The molecule has 2 aromatic rings. The van der Waals surface area contributed by atoms with Crippen LogP contribution in [0.25, 0.3) is 5.57 Å². The number of aliphatic hydroxyl groups is 1. The third-order valence-corrected chi connectivity index (χ3v) is 7.48. The minimum atomic E-state index is -0.432. The topological polar surface area (TPSA) is 55.8 Å². The van der Waals surface area contributed by atoms with Gasteiger partial charge in [-0.05, 0) is 67.5 Å². The smallest absolute Gasteiger partial charge is 0.321 e. The molecule has 0 radical (unpaired) electrons. The van der Waals surface area contributed by atoms with E-state index in [2.05, 4.69) is 40.6 Å². The number of rotatable bonds is 4. The number of para-hydroxylation sites is 1. The summed E-state index contributed by atoms with van der Waals surface area (Å²) in [5, 5.41) is 12.9. The van der Waals surface area contributed by atoms with E-state index in [0.29, 0.717) is 13.1 Å². The fourth-order valence-corrected chi connectivity index (χ4v) is 5.73. The third kappa shape index (κ3) is 4.42. The van der Waals surface area contributed by atoms with E-state index in [0.717, 1.165) is 32.2 Å². The molecule has 0 saturated carbocycles. The summed E-state index contributed by atoms with van der Waals surface area (Å²) in [7, 11) is 0. The van der Waals surface area contributed by atoms with Crippen LogP contribution in [0.15, 0.2) is 54.6 Å². The first-order valence-electron chi connectivity index (χ1n) is 12.1. The summed E-state index contributed by atoms with van der Waals surface area (Å²) in [4.78, 5) is 17.2. The van der Waals surface area contributed by atoms with Crippen molar-refractivity contribution < 1.29 is 14.3 Å². The molecule has 2 heterocycles. The van der Waals surface area contributed by atoms with Gasteiger partial charge in [0.1, 0.15) is 5.82 Å². The second-order valence-corrected chi connectivity index (χ2v) is 9.39. The average molecular weight is 450 g/mol. The Hall–Kier alpha value is -2.70. The fraction of sp³-hybridized carbons (Fsp3) is 0.444. The lowest BCUT2D eigenvalue weighted by molar-refractivity contribution is -0.0585. The number of urea groups is 1. The summed E-state index contributed by atoms with van der Waals surface area (Å²) in [5.74, 6) is -0.262. The van der Waals surface area contributed by atoms with Gasteiger partial charge in [-0.15, -0.1) is 0 Å². The number of nitrogens with one attached hydrogen (secondary N) is 1. The largest absolute Gasteiger partial charge is 0.395 e. The molecule has 3 aliphatic rings. The van der Waals surface area contributed by atoms with Crippen LogP contribution >= 0.6 is 0 Å². The lowest BCUT2D eigenvalue weighted by atomic mass is 9.74. The van der Waals surface area contributed by atoms with E-state index in [4.69, 9.17) is 0 Å². The monoisotopic (exact) mass is 449 g/mol. The van der Waals surface area contributed by atoms with E-state index in [-0.39, 0.29) is 36.3 Å². The minimum Gasteiger partial charge on any atom is -0.395 e. The molecule has 3 atom stereocenters. The van der Waals surface area contributed by atoms with Gasteiger partial charge >= 0.3 is 6.03 Å². The van der Waals surface area contributed by atoms with E-state index in [1.807, 2.05) is 4.90 Å². The van der Waals surface area contributed by atoms with Crippen LogP contribution in [0.2, 0.25) is 0 Å². The second-order valence-electron chi connectivity index (χ2n) is 9.39. The quantitative estimate of drug-likeness (QED) is 0.702. The maximum atomic E-state index is 14.1. The Morgan fingerprint density at radius 3 is 2.58 bits per heavy atom. The van der Waals surface area contributed by atoms with Crippen molar-refractivity contribution in [2.24, 2.45) is 0 Å². The number of hydrogen-bond donors (Lipinski definition) is 2. The Kier molecular flexibility index (Phi) is 6.47. The van der Waals surface area contributed by atoms with Gasteiger partial charge in [-0.2, -0.15) is 0 Å². The predicted octanol–water partition coefficient (Wildman–Crippen LogP) is 4.85. The van der Waals surface area contributed by atoms with Crippen molar-refractivity contribution in [1.29, 1.82) is 0 Å². The summed E-state index contributed by atoms with van der Waals surface area (Å²) < 4.78 is 14.1. The summed E-state index contributed by atoms with van der Waals surface area (Å²) in [5.41, 5.74) is 4.14. The van der Waals surface area contributed by atoms with Crippen molar-refractivity contribution in [2.45, 2.75) is 50.1 Å². The van der Waals surface area contributed by atoms with Gasteiger partial charge < -0.3 is 15.3 Å². The van der Waals surface area contributed by atoms with Crippen LogP contribution < -0.4 is 5.32 Å². The van der Waals surface area contributed by atoms with Crippen LogP contribution in [0, 0.1) is 5.82 Å². The van der Waals surface area contributed by atoms with Crippen molar-refractivity contribution in [3.05, 3.63) is 71.6 Å². The first-order chi connectivity index (χ1) is 16.2. The molecule has 33 heavy (non-hydrogen) atoms. The van der Waals surface area contributed by atoms with Gasteiger partial charge in [-0.3, -0.25) is 4.90 Å². The molecule has 2 saturated heterocycles. The number of carbonyl (C=O) groups is 1. The molecule has 5 nitrogen and oxygen atoms in total. The molecule has 2 N–H and O–H groups in total. The van der Waals surface area contributed by atoms with Crippen LogP contribution in [-0.4, -0.2) is 59.3 Å². The lowest BCUT2D eigenvalue weighted by Gasteiger charge is -2.57. The lowest BCUT2D eigenvalue weighted by Crippen LogP contribution is -2.68. The van der Waals surface area contributed by atoms with Gasteiger partial charge in [0.15, 0.2) is 0 Å². The highest BCUT2D eigenvalue weighted by atomic mass is 19.1. The number of amides is 2. The molecule has 1 aliphatic carbocycles. The summed E-state index contributed by atoms with van der Waals surface area (Å²) in [6.07, 6.45) is 7.72. The molecule has 0 bridgehead atoms. The van der Waals surface area contributed by atoms with E-state index >= 15 is 0 Å². The Balaban J connectivity index is 1.34. The third-order valence-electron chi connectivity index (χ3n) is 7.48. The first-order valence-corrected chi connectivity index (χ1v) is 12.1. The number of allylic oxidation sites excluding steroid dienone is 2. The highest BCUT2D eigenvalue weighted by Gasteiger charge is 2.49. The Labute approximate surface area is 194 Å². The number of aliphatic hydroxyl groups excluding tert-OH is 1. The number of hydrogen-bond acceptors (Lipinski definition) is 3. The zero-order valence-corrected chi connectivity index (χ0v) is 18.9. The Morgan fingerprint density at radius 2 is 1.85 bits per heavy atom. The average Bonchev–Trinajstić information content (AvgIpc) is 3.35. The maximum absolute atomic E-state index is 14.1. The van der Waals surface area contributed by atoms with Gasteiger partial charge in [0.25, 0.3) is 0 Å². The molecule has 5 rings (SSSR count). The molecule has 0 spiro atoms. The van der Waals surface area contributed by atoms with E-state index in [1.54, 1.807) is 18.2 Å². The normalized spacial score (nSPS) is 25.5. The zero-order valence-electron chi connectivity index (χ0n) is 18.9. The number of anilines is 1. The van der Waals surface area contributed by atoms with Gasteiger partial charge in [0.05, 0.1) is 12.3 Å². The maximum Gasteiger partial charge on any atom is 0.321 e. The van der Waals surface area contributed by atoms with Crippen LogP contribution in [0.3, 0.4) is 0 Å². The van der Waals surface area contributed by atoms with Gasteiger partial charge in [-0.1, -0.05) is 42.5 Å². The number of benzene rings is 2. The standard InChI is InChI=1S/C27H32FN3O2/c28-22-9-3-4-10-23(22)29-27(33)30-15-5-6-16-31-24(17-30)26(25(31)18-32)21-13-11-20(12-14-21)19-7-1-2-8-19/h3-4,7,9-14,24-26,32H,1-2,5-6,8,15-18H2,(H,29,33)/t24-,25+,26-/m1/s1. The number of fused-ring (bicyclic) bond motifs is 1. The fourth-order valence-electron chi connectivity index (χ4n) is 5.73. The molecular weight excluding hydrogens is 417 g/mol. The summed E-state index contributed by atoms with van der Waals surface area (Å²) >= 11 is 0. The van der Waals surface area contributed by atoms with Crippen molar-refractivity contribution in [1.82, 2.24) is 9.80 Å². The molecule has 2 fully saturated rings. The van der Waals surface area contributed by atoms with Gasteiger partial charge in [0, 0.05) is 31.1 Å². The van der Waals surface area contributed by atoms with E-state index in [9.17, 15) is 14.3 Å². The number of halogens is 1. The number of nitrogens with zero attached hydrogens (tertiary/aromatic N) is 2. The molecule has 0 unspecified atom stereocenters. The Bertz CT molecular complexity index is 1020. The Morgan fingerprint density at radius 1 is 1.06 bits per heavy atom. The van der Waals surface area contributed by atoms with Crippen molar-refractivity contribution >= 4 is 17.3 Å². The summed E-state index contributed by atoms with van der Waals surface area (Å²) in [6.45, 7) is 2.25. The first kappa shape index (κ1) is 22.1. The molecule has 0 aromatic heterocycles. The molecule has 174 valence electrons. The molecule has 2 aromatic carbocycles. The van der Waals surface area contributed by atoms with Crippen LogP contribution in [0.1, 0.15) is 49.1 Å². The van der Waals surface area contributed by atoms with Crippen LogP contribution in [0.5, 0.6) is 0 Å². The molecule has 6 heteroatoms. The van der Waals surface area contributed by atoms with Crippen LogP contribution in [0.4, 0.5) is 14.9 Å². The van der Waals surface area contributed by atoms with E-state index < -0.39 is 5.82 Å². The second kappa shape index (κ2) is 9.65. The van der Waals surface area contributed by atoms with Crippen molar-refractivity contribution in [3.63, 3.8) is 0 Å². The SMILES string of the molecule is O=C(Nc1ccccc1F)N1CCCCN2[C@H](C1)[C@@H](c1ccc(C3=CCCC3)cc1)[C@@H]2CO. The number of carbonyl (C=O) groups excluding carboxylic acids is 1. The zero-order chi connectivity index (χ0) is 22.8. The van der Waals surface area contributed by atoms with Gasteiger partial charge in [-0.25, -0.2) is 9.18 Å². The highest BCUT2D eigenvalue weighted by Crippen LogP contribution is 2.42. The molecule has 2 aliphatic heterocycles. The minimum absolute atomic E-state index is 0.0705.